The Kier molecular flexibility index (Phi) is 12.8. The number of methoxy groups -OCH3 is 1. The van der Waals surface area contributed by atoms with Crippen LogP contribution >= 0.6 is 0 Å². The third-order valence-corrected chi connectivity index (χ3v) is 19.7. The molecule has 0 amide bonds. The maximum atomic E-state index is 12.8. The van der Waals surface area contributed by atoms with Crippen LogP contribution in [0, 0.1) is 0 Å². The Morgan fingerprint density at radius 2 is 1.55 bits per heavy atom. The number of rotatable bonds is 15. The van der Waals surface area contributed by atoms with Crippen LogP contribution in [0.3, 0.4) is 0 Å². The summed E-state index contributed by atoms with van der Waals surface area (Å²) in [5.74, 6) is 0.945. The second-order valence-electron chi connectivity index (χ2n) is 14.9. The van der Waals surface area contributed by atoms with Gasteiger partial charge in [-0.1, -0.05) is 48.5 Å². The molecule has 252 valence electrons. The van der Waals surface area contributed by atoms with E-state index in [1.54, 1.807) is 7.11 Å². The van der Waals surface area contributed by atoms with Crippen LogP contribution in [0.25, 0.3) is 0 Å². The van der Waals surface area contributed by atoms with Crippen LogP contribution < -0.4 is 9.47 Å². The second kappa shape index (κ2) is 15.1. The molecule has 1 aromatic carbocycles. The predicted molar refractivity (Wildman–Crippen MR) is 183 cm³/mol. The van der Waals surface area contributed by atoms with Crippen molar-refractivity contribution in [2.75, 3.05) is 13.7 Å². The standard InChI is InChI=1S/C35H62O7Si2/c1-12-27(36)22-31-24-34(8,42-43(10,11)33(5,6)7)26-35(40-31)25-32(41-44(13-2,14-3)15-4)23-30(39-35)20-21-38-29-18-16-28(37-9)17-19-29/h16-19,30-32H,12-15,20-26H2,1-11H3/t30-,31-,32-,34-,35+/m0/s1. The Bertz CT molecular complexity index is 1040. The minimum atomic E-state index is -2.13. The summed E-state index contributed by atoms with van der Waals surface area (Å²) in [6.45, 7) is 23.0. The van der Waals surface area contributed by atoms with Gasteiger partial charge in [0.25, 0.3) is 0 Å². The summed E-state index contributed by atoms with van der Waals surface area (Å²) < 4.78 is 39.7. The van der Waals surface area contributed by atoms with Crippen LogP contribution in [0.15, 0.2) is 24.3 Å². The highest BCUT2D eigenvalue weighted by atomic mass is 28.4. The summed E-state index contributed by atoms with van der Waals surface area (Å²) >= 11 is 0. The molecule has 0 aliphatic carbocycles. The molecule has 1 spiro atoms. The van der Waals surface area contributed by atoms with E-state index in [0.29, 0.717) is 45.1 Å². The second-order valence-corrected chi connectivity index (χ2v) is 24.4. The molecule has 1 aromatic rings. The lowest BCUT2D eigenvalue weighted by Gasteiger charge is -2.56. The van der Waals surface area contributed by atoms with Crippen molar-refractivity contribution in [3.05, 3.63) is 24.3 Å². The fourth-order valence-corrected chi connectivity index (χ4v) is 11.4. The molecule has 0 N–H and O–H groups in total. The van der Waals surface area contributed by atoms with Crippen molar-refractivity contribution in [2.45, 2.75) is 166 Å². The molecular formula is C35H62O7Si2. The first-order valence-electron chi connectivity index (χ1n) is 17.1. The highest BCUT2D eigenvalue weighted by Gasteiger charge is 2.56. The first kappa shape index (κ1) is 37.2. The number of hydrogen-bond donors (Lipinski definition) is 0. The van der Waals surface area contributed by atoms with E-state index in [1.165, 1.54) is 0 Å². The number of ether oxygens (including phenoxy) is 4. The molecule has 2 saturated heterocycles. The van der Waals surface area contributed by atoms with Crippen molar-refractivity contribution >= 4 is 22.4 Å². The topological polar surface area (TPSA) is 72.5 Å². The van der Waals surface area contributed by atoms with E-state index < -0.39 is 28.0 Å². The molecule has 0 bridgehead atoms. The molecule has 0 saturated carbocycles. The van der Waals surface area contributed by atoms with Crippen LogP contribution in [-0.2, 0) is 23.1 Å². The van der Waals surface area contributed by atoms with Gasteiger partial charge in [0.2, 0.25) is 0 Å². The Balaban J connectivity index is 1.92. The molecule has 0 unspecified atom stereocenters. The maximum absolute atomic E-state index is 12.8. The number of hydrogen-bond acceptors (Lipinski definition) is 7. The molecule has 0 aromatic heterocycles. The lowest BCUT2D eigenvalue weighted by molar-refractivity contribution is -0.347. The fraction of sp³-hybridized carbons (Fsp3) is 0.800. The van der Waals surface area contributed by atoms with Crippen LogP contribution in [0.5, 0.6) is 11.5 Å². The third-order valence-electron chi connectivity index (χ3n) is 10.4. The van der Waals surface area contributed by atoms with Gasteiger partial charge in [0.1, 0.15) is 17.3 Å². The van der Waals surface area contributed by atoms with Crippen LogP contribution in [0.4, 0.5) is 0 Å². The first-order chi connectivity index (χ1) is 20.5. The lowest BCUT2D eigenvalue weighted by atomic mass is 9.81. The van der Waals surface area contributed by atoms with Gasteiger partial charge in [0.15, 0.2) is 22.4 Å². The molecule has 9 heteroatoms. The molecule has 0 radical (unpaired) electrons. The SMILES string of the molecule is CCC(=O)C[C@H]1C[C@](C)(O[Si](C)(C)C(C)(C)C)C[C@@]2(C[C@@H](O[Si](CC)(CC)CC)C[C@H](CCOc3ccc(OC)cc3)O2)O1. The Morgan fingerprint density at radius 3 is 2.09 bits per heavy atom. The first-order valence-corrected chi connectivity index (χ1v) is 22.5. The highest BCUT2D eigenvalue weighted by Crippen LogP contribution is 2.50. The van der Waals surface area contributed by atoms with E-state index in [-0.39, 0.29) is 29.1 Å². The van der Waals surface area contributed by atoms with Gasteiger partial charge in [-0.05, 0) is 73.9 Å². The lowest BCUT2D eigenvalue weighted by Crippen LogP contribution is -2.62. The fourth-order valence-electron chi connectivity index (χ4n) is 6.78. The molecule has 5 atom stereocenters. The third kappa shape index (κ3) is 9.64. The zero-order chi connectivity index (χ0) is 32.8. The quantitative estimate of drug-likeness (QED) is 0.175. The van der Waals surface area contributed by atoms with Crippen molar-refractivity contribution in [1.29, 1.82) is 0 Å². The smallest absolute Gasteiger partial charge is 0.192 e. The molecule has 44 heavy (non-hydrogen) atoms. The van der Waals surface area contributed by atoms with E-state index in [1.807, 2.05) is 31.2 Å². The predicted octanol–water partition coefficient (Wildman–Crippen LogP) is 9.06. The maximum Gasteiger partial charge on any atom is 0.192 e. The largest absolute Gasteiger partial charge is 0.497 e. The molecule has 2 fully saturated rings. The van der Waals surface area contributed by atoms with E-state index in [9.17, 15) is 4.79 Å². The molecule has 3 rings (SSSR count). The van der Waals surface area contributed by atoms with Crippen molar-refractivity contribution in [1.82, 2.24) is 0 Å². The summed E-state index contributed by atoms with van der Waals surface area (Å²) in [6, 6.07) is 11.0. The summed E-state index contributed by atoms with van der Waals surface area (Å²) in [4.78, 5) is 12.8. The Morgan fingerprint density at radius 1 is 0.955 bits per heavy atom. The van der Waals surface area contributed by atoms with E-state index in [4.69, 9.17) is 27.8 Å². The van der Waals surface area contributed by atoms with Gasteiger partial charge in [0, 0.05) is 38.5 Å². The number of carbonyl (C=O) groups is 1. The number of carbonyl (C=O) groups excluding carboxylic acids is 1. The van der Waals surface area contributed by atoms with Gasteiger partial charge in [-0.2, -0.15) is 0 Å². The van der Waals surface area contributed by atoms with Gasteiger partial charge in [-0.15, -0.1) is 0 Å². The van der Waals surface area contributed by atoms with Crippen molar-refractivity contribution in [3.63, 3.8) is 0 Å². The molecule has 2 heterocycles. The van der Waals surface area contributed by atoms with Gasteiger partial charge in [-0.3, -0.25) is 4.79 Å². The van der Waals surface area contributed by atoms with E-state index in [2.05, 4.69) is 61.6 Å². The Labute approximate surface area is 270 Å². The average Bonchev–Trinajstić information content (AvgIpc) is 2.94. The van der Waals surface area contributed by atoms with Gasteiger partial charge in [0.05, 0.1) is 37.6 Å². The number of benzene rings is 1. The van der Waals surface area contributed by atoms with Gasteiger partial charge >= 0.3 is 0 Å². The van der Waals surface area contributed by atoms with Crippen LogP contribution in [0.2, 0.25) is 36.3 Å². The molecule has 2 aliphatic heterocycles. The summed E-state index contributed by atoms with van der Waals surface area (Å²) in [5.41, 5.74) is -0.471. The average molecular weight is 651 g/mol. The highest BCUT2D eigenvalue weighted by molar-refractivity contribution is 6.74. The minimum absolute atomic E-state index is 0.0269. The summed E-state index contributed by atoms with van der Waals surface area (Å²) in [7, 11) is -2.35. The van der Waals surface area contributed by atoms with Gasteiger partial charge < -0.3 is 27.8 Å². The summed E-state index contributed by atoms with van der Waals surface area (Å²) in [6.07, 6.45) is 4.05. The molecule has 7 nitrogen and oxygen atoms in total. The van der Waals surface area contributed by atoms with E-state index in [0.717, 1.165) is 36.1 Å². The summed E-state index contributed by atoms with van der Waals surface area (Å²) in [5, 5.41) is 0.0607. The van der Waals surface area contributed by atoms with E-state index >= 15 is 0 Å². The minimum Gasteiger partial charge on any atom is -0.497 e. The van der Waals surface area contributed by atoms with Crippen LogP contribution in [0.1, 0.15) is 100 Å². The zero-order valence-corrected chi connectivity index (χ0v) is 31.7. The van der Waals surface area contributed by atoms with Gasteiger partial charge in [-0.25, -0.2) is 0 Å². The molecular weight excluding hydrogens is 589 g/mol. The van der Waals surface area contributed by atoms with Crippen molar-refractivity contribution in [2.24, 2.45) is 0 Å². The van der Waals surface area contributed by atoms with Crippen molar-refractivity contribution < 1.29 is 32.6 Å². The molecule has 2 aliphatic rings. The number of ketones is 1. The zero-order valence-electron chi connectivity index (χ0n) is 29.7. The monoisotopic (exact) mass is 650 g/mol. The normalized spacial score (nSPS) is 28.2. The van der Waals surface area contributed by atoms with Crippen LogP contribution in [-0.4, -0.2) is 65.8 Å². The number of Topliss-reactive ketones (excluding diaryl/α,β-unsaturated/α-hetero) is 1. The Hall–Kier alpha value is -1.24. The van der Waals surface area contributed by atoms with Crippen molar-refractivity contribution in [3.8, 4) is 11.5 Å².